The van der Waals surface area contributed by atoms with Gasteiger partial charge in [0.1, 0.15) is 0 Å². The first kappa shape index (κ1) is 36.8. The molecule has 0 nitrogen and oxygen atoms in total. The molecule has 0 saturated carbocycles. The normalized spacial score (nSPS) is 0. The average molecular weight is 298 g/mol. The van der Waals surface area contributed by atoms with Gasteiger partial charge in [-0.05, 0) is 0 Å². The van der Waals surface area contributed by atoms with Crippen LogP contribution < -0.4 is 24.8 Å². The van der Waals surface area contributed by atoms with Crippen LogP contribution in [0, 0.1) is 0 Å². The van der Waals surface area contributed by atoms with Crippen molar-refractivity contribution >= 4 is 17.4 Å². The van der Waals surface area contributed by atoms with Crippen LogP contribution in [0.2, 0.25) is 0 Å². The van der Waals surface area contributed by atoms with Crippen LogP contribution in [0.25, 0.3) is 0 Å². The summed E-state index contributed by atoms with van der Waals surface area (Å²) in [4.78, 5) is 0. The van der Waals surface area contributed by atoms with Crippen LogP contribution >= 0.6 is 0 Å². The first-order valence-corrected chi connectivity index (χ1v) is 0. The number of hydrogen-bond donors (Lipinski definition) is 0. The molecular formula is AlCl2Hg. The summed E-state index contributed by atoms with van der Waals surface area (Å²) in [5.74, 6) is 0. The summed E-state index contributed by atoms with van der Waals surface area (Å²) in [6.07, 6.45) is 0. The first-order valence-electron chi connectivity index (χ1n) is 0. The summed E-state index contributed by atoms with van der Waals surface area (Å²) in [6, 6.07) is 0. The fraction of sp³-hybridized carbons (Fsp3) is 0. The van der Waals surface area contributed by atoms with E-state index in [1.807, 2.05) is 0 Å². The van der Waals surface area contributed by atoms with Crippen molar-refractivity contribution in [3.8, 4) is 0 Å². The Bertz CT molecular complexity index is 6.00. The largest absolute Gasteiger partial charge is 2.00 e. The molecule has 0 N–H and O–H groups in total. The van der Waals surface area contributed by atoms with E-state index in [1.165, 1.54) is 0 Å². The zero-order chi connectivity index (χ0) is 0. The molecule has 4 heavy (non-hydrogen) atoms. The van der Waals surface area contributed by atoms with Crippen LogP contribution in [0.15, 0.2) is 0 Å². The molecule has 0 fully saturated rings. The predicted molar refractivity (Wildman–Crippen MR) is 5.75 cm³/mol. The molecule has 19 valence electrons. The second-order valence-electron chi connectivity index (χ2n) is 0. The molecule has 0 bridgehead atoms. The van der Waals surface area contributed by atoms with Gasteiger partial charge in [0, 0.05) is 17.4 Å². The van der Waals surface area contributed by atoms with E-state index in [2.05, 4.69) is 0 Å². The molecule has 0 saturated heterocycles. The van der Waals surface area contributed by atoms with Gasteiger partial charge in [-0.25, -0.2) is 0 Å². The Morgan fingerprint density at radius 1 is 0.750 bits per heavy atom. The van der Waals surface area contributed by atoms with Crippen molar-refractivity contribution in [2.24, 2.45) is 0 Å². The quantitative estimate of drug-likeness (QED) is 0.390. The van der Waals surface area contributed by atoms with E-state index in [1.54, 1.807) is 0 Å². The minimum Gasteiger partial charge on any atom is -1.00 e. The van der Waals surface area contributed by atoms with Gasteiger partial charge < -0.3 is 24.8 Å². The topological polar surface area (TPSA) is 0 Å². The van der Waals surface area contributed by atoms with Crippen molar-refractivity contribution in [2.45, 2.75) is 0 Å². The van der Waals surface area contributed by atoms with Gasteiger partial charge >= 0.3 is 27.7 Å². The smallest absolute Gasteiger partial charge is 1.00 e. The Balaban J connectivity index is 0. The third-order valence-corrected chi connectivity index (χ3v) is 0. The van der Waals surface area contributed by atoms with E-state index in [9.17, 15) is 0 Å². The Hall–Kier alpha value is 2.05. The van der Waals surface area contributed by atoms with E-state index in [-0.39, 0.29) is 69.8 Å². The number of hydrogen-bond acceptors (Lipinski definition) is 0. The fourth-order valence-electron chi connectivity index (χ4n) is 0. The van der Waals surface area contributed by atoms with Crippen LogP contribution in [0.3, 0.4) is 0 Å². The monoisotopic (exact) mass is 299 g/mol. The maximum Gasteiger partial charge on any atom is 2.00 e. The van der Waals surface area contributed by atoms with Gasteiger partial charge in [0.25, 0.3) is 0 Å². The van der Waals surface area contributed by atoms with Crippen LogP contribution in [0.5, 0.6) is 0 Å². The van der Waals surface area contributed by atoms with E-state index >= 15 is 0 Å². The fourth-order valence-corrected chi connectivity index (χ4v) is 0. The van der Waals surface area contributed by atoms with Crippen molar-refractivity contribution < 1.29 is 52.5 Å². The van der Waals surface area contributed by atoms with E-state index in [0.29, 0.717) is 0 Å². The molecule has 3 radical (unpaired) electrons. The average Bonchev–Trinajstić information content (AvgIpc) is 0. The van der Waals surface area contributed by atoms with Crippen molar-refractivity contribution in [3.05, 3.63) is 0 Å². The Morgan fingerprint density at radius 3 is 0.750 bits per heavy atom. The molecule has 0 rings (SSSR count). The van der Waals surface area contributed by atoms with Crippen LogP contribution in [-0.4, -0.2) is 17.4 Å². The number of halogens is 2. The Kier molecular flexibility index (Phi) is 181. The summed E-state index contributed by atoms with van der Waals surface area (Å²) in [7, 11) is 0. The molecule has 0 aliphatic carbocycles. The van der Waals surface area contributed by atoms with Crippen LogP contribution in [0.4, 0.5) is 0 Å². The SMILES string of the molecule is [Al].[Cl-].[Cl-].[Hg+2]. The Morgan fingerprint density at radius 2 is 0.750 bits per heavy atom. The van der Waals surface area contributed by atoms with Crippen LogP contribution in [-0.2, 0) is 27.7 Å². The van der Waals surface area contributed by atoms with Crippen molar-refractivity contribution in [3.63, 3.8) is 0 Å². The van der Waals surface area contributed by atoms with Crippen molar-refractivity contribution in [1.82, 2.24) is 0 Å². The molecule has 0 amide bonds. The Labute approximate surface area is 69.2 Å². The van der Waals surface area contributed by atoms with E-state index in [0.717, 1.165) is 0 Å². The van der Waals surface area contributed by atoms with E-state index in [4.69, 9.17) is 0 Å². The van der Waals surface area contributed by atoms with Crippen molar-refractivity contribution in [2.75, 3.05) is 0 Å². The molecule has 0 heterocycles. The van der Waals surface area contributed by atoms with Gasteiger partial charge in [-0.1, -0.05) is 0 Å². The van der Waals surface area contributed by atoms with Gasteiger partial charge in [0.05, 0.1) is 0 Å². The second-order valence-corrected chi connectivity index (χ2v) is 0. The standard InChI is InChI=1S/Al.2ClH.Hg/h;2*1H;/q;;;+2/p-2. The van der Waals surface area contributed by atoms with Crippen molar-refractivity contribution in [1.29, 1.82) is 0 Å². The van der Waals surface area contributed by atoms with Gasteiger partial charge in [-0.2, -0.15) is 0 Å². The van der Waals surface area contributed by atoms with Gasteiger partial charge in [-0.15, -0.1) is 0 Å². The third kappa shape index (κ3) is 8.97. The molecule has 0 aromatic heterocycles. The second kappa shape index (κ2) is 19.7. The molecule has 4 heteroatoms. The summed E-state index contributed by atoms with van der Waals surface area (Å²) >= 11 is 0. The summed E-state index contributed by atoms with van der Waals surface area (Å²) in [5, 5.41) is 0. The summed E-state index contributed by atoms with van der Waals surface area (Å²) in [5.41, 5.74) is 0. The maximum atomic E-state index is 0. The predicted octanol–water partition coefficient (Wildman–Crippen LogP) is -6.38. The summed E-state index contributed by atoms with van der Waals surface area (Å²) < 4.78 is 0. The van der Waals surface area contributed by atoms with E-state index < -0.39 is 0 Å². The molecule has 0 atom stereocenters. The maximum absolute atomic E-state index is 0. The minimum atomic E-state index is 0. The molecule has 0 aliphatic heterocycles. The number of rotatable bonds is 0. The molecule has 0 aromatic carbocycles. The van der Waals surface area contributed by atoms with Gasteiger partial charge in [0.15, 0.2) is 0 Å². The third-order valence-electron chi connectivity index (χ3n) is 0. The summed E-state index contributed by atoms with van der Waals surface area (Å²) in [6.45, 7) is 0. The first-order chi connectivity index (χ1) is 0. The minimum absolute atomic E-state index is 0. The molecule has 0 aliphatic rings. The zero-order valence-corrected chi connectivity index (χ0v) is 10.2. The molecule has 0 aromatic rings. The molecular weight excluding hydrogens is 298 g/mol. The molecule has 0 unspecified atom stereocenters. The zero-order valence-electron chi connectivity index (χ0n) is 2.04. The van der Waals surface area contributed by atoms with Gasteiger partial charge in [-0.3, -0.25) is 0 Å². The van der Waals surface area contributed by atoms with Gasteiger partial charge in [0.2, 0.25) is 0 Å². The van der Waals surface area contributed by atoms with Crippen LogP contribution in [0.1, 0.15) is 0 Å². The molecule has 0 spiro atoms.